The summed E-state index contributed by atoms with van der Waals surface area (Å²) in [4.78, 5) is 35.2. The number of benzene rings is 1. The zero-order valence-corrected chi connectivity index (χ0v) is 16.3. The van der Waals surface area contributed by atoms with Gasteiger partial charge in [0.2, 0.25) is 0 Å². The van der Waals surface area contributed by atoms with Crippen LogP contribution in [0.4, 0.5) is 0 Å². The average molecular weight is 393 g/mol. The van der Waals surface area contributed by atoms with Crippen LogP contribution < -0.4 is 15.7 Å². The molecule has 0 aliphatic rings. The largest absolute Gasteiger partial charge is 0.481 e. The minimum absolute atomic E-state index is 0.329. The molecule has 1 heterocycles. The third-order valence-corrected chi connectivity index (χ3v) is 4.73. The molecule has 2 N–H and O–H groups in total. The normalized spacial score (nSPS) is 13.1. The second-order valence-corrected chi connectivity index (χ2v) is 7.03. The minimum atomic E-state index is -1.08. The molecule has 0 aliphatic heterocycles. The van der Waals surface area contributed by atoms with Gasteiger partial charge in [0.25, 0.3) is 5.91 Å². The van der Waals surface area contributed by atoms with Crippen molar-refractivity contribution in [1.82, 2.24) is 5.32 Å². The van der Waals surface area contributed by atoms with Gasteiger partial charge in [-0.1, -0.05) is 6.92 Å². The van der Waals surface area contributed by atoms with Gasteiger partial charge in [-0.3, -0.25) is 4.79 Å². The number of rotatable bonds is 9. The molecule has 0 bridgehead atoms. The van der Waals surface area contributed by atoms with Crippen LogP contribution in [0.15, 0.2) is 33.5 Å². The summed E-state index contributed by atoms with van der Waals surface area (Å²) in [6, 6.07) is 5.52. The number of ether oxygens (including phenoxy) is 1. The van der Waals surface area contributed by atoms with E-state index in [1.807, 2.05) is 13.2 Å². The number of aryl methyl sites for hydroxylation is 1. The van der Waals surface area contributed by atoms with E-state index in [2.05, 4.69) is 5.32 Å². The zero-order chi connectivity index (χ0) is 20.0. The molecule has 7 nitrogen and oxygen atoms in total. The molecule has 1 amide bonds. The Balaban J connectivity index is 2.12. The SMILES string of the molecule is CCc1cc(=O)oc2cc(O[C@H](C)C(=O)N[C@@H](CCSC)C(=O)O)ccc12. The summed E-state index contributed by atoms with van der Waals surface area (Å²) < 4.78 is 10.8. The van der Waals surface area contributed by atoms with E-state index >= 15 is 0 Å². The van der Waals surface area contributed by atoms with Gasteiger partial charge in [0.15, 0.2) is 6.10 Å². The molecule has 1 aromatic carbocycles. The van der Waals surface area contributed by atoms with Gasteiger partial charge in [0, 0.05) is 17.5 Å². The Hall–Kier alpha value is -2.48. The van der Waals surface area contributed by atoms with Crippen LogP contribution in [-0.2, 0) is 16.0 Å². The average Bonchev–Trinajstić information content (AvgIpc) is 2.63. The van der Waals surface area contributed by atoms with Crippen LogP contribution in [0.25, 0.3) is 11.0 Å². The van der Waals surface area contributed by atoms with Crippen molar-refractivity contribution in [3.8, 4) is 5.75 Å². The highest BCUT2D eigenvalue weighted by Gasteiger charge is 2.23. The number of nitrogens with one attached hydrogen (secondary N) is 1. The number of aliphatic carboxylic acids is 1. The van der Waals surface area contributed by atoms with Crippen molar-refractivity contribution in [1.29, 1.82) is 0 Å². The molecule has 2 rings (SSSR count). The maximum absolute atomic E-state index is 12.3. The molecule has 146 valence electrons. The monoisotopic (exact) mass is 393 g/mol. The first-order valence-electron chi connectivity index (χ1n) is 8.61. The molecule has 0 saturated heterocycles. The lowest BCUT2D eigenvalue weighted by Crippen LogP contribution is -2.46. The van der Waals surface area contributed by atoms with Gasteiger partial charge in [-0.2, -0.15) is 11.8 Å². The molecule has 1 aromatic heterocycles. The van der Waals surface area contributed by atoms with Crippen LogP contribution in [-0.4, -0.2) is 41.1 Å². The Morgan fingerprint density at radius 1 is 1.33 bits per heavy atom. The Bertz CT molecular complexity index is 878. The molecule has 0 spiro atoms. The topological polar surface area (TPSA) is 106 Å². The number of carbonyl (C=O) groups is 2. The van der Waals surface area contributed by atoms with E-state index in [1.54, 1.807) is 18.2 Å². The fourth-order valence-electron chi connectivity index (χ4n) is 2.62. The molecule has 2 atom stereocenters. The quantitative estimate of drug-likeness (QED) is 0.630. The van der Waals surface area contributed by atoms with Crippen molar-refractivity contribution in [3.63, 3.8) is 0 Å². The third kappa shape index (κ3) is 5.50. The number of hydrogen-bond donors (Lipinski definition) is 2. The first kappa shape index (κ1) is 20.8. The molecule has 0 saturated carbocycles. The number of thioether (sulfide) groups is 1. The summed E-state index contributed by atoms with van der Waals surface area (Å²) in [6.45, 7) is 3.48. The second kappa shape index (κ2) is 9.45. The van der Waals surface area contributed by atoms with Crippen LogP contribution >= 0.6 is 11.8 Å². The number of hydrogen-bond acceptors (Lipinski definition) is 6. The molecule has 0 radical (unpaired) electrons. The molecule has 0 fully saturated rings. The predicted octanol–water partition coefficient (Wildman–Crippen LogP) is 2.45. The third-order valence-electron chi connectivity index (χ3n) is 4.09. The van der Waals surface area contributed by atoms with Crippen LogP contribution in [0.2, 0.25) is 0 Å². The van der Waals surface area contributed by atoms with Crippen molar-refractivity contribution in [2.24, 2.45) is 0 Å². The van der Waals surface area contributed by atoms with Gasteiger partial charge in [0.05, 0.1) is 0 Å². The summed E-state index contributed by atoms with van der Waals surface area (Å²) >= 11 is 1.51. The molecule has 27 heavy (non-hydrogen) atoms. The van der Waals surface area contributed by atoms with Gasteiger partial charge in [-0.05, 0) is 49.5 Å². The van der Waals surface area contributed by atoms with Gasteiger partial charge in [-0.25, -0.2) is 9.59 Å². The summed E-state index contributed by atoms with van der Waals surface area (Å²) in [7, 11) is 0. The Morgan fingerprint density at radius 3 is 2.70 bits per heavy atom. The summed E-state index contributed by atoms with van der Waals surface area (Å²) in [5.74, 6) is -0.621. The fourth-order valence-corrected chi connectivity index (χ4v) is 3.09. The van der Waals surface area contributed by atoms with E-state index in [0.717, 1.165) is 10.9 Å². The van der Waals surface area contributed by atoms with E-state index in [-0.39, 0.29) is 0 Å². The van der Waals surface area contributed by atoms with E-state index in [4.69, 9.17) is 9.15 Å². The van der Waals surface area contributed by atoms with E-state index < -0.39 is 29.6 Å². The first-order valence-corrected chi connectivity index (χ1v) is 10.0. The van der Waals surface area contributed by atoms with Gasteiger partial charge >= 0.3 is 11.6 Å². The second-order valence-electron chi connectivity index (χ2n) is 6.04. The minimum Gasteiger partial charge on any atom is -0.481 e. The van der Waals surface area contributed by atoms with Gasteiger partial charge in [-0.15, -0.1) is 0 Å². The summed E-state index contributed by atoms with van der Waals surface area (Å²) in [5.41, 5.74) is 0.810. The lowest BCUT2D eigenvalue weighted by Gasteiger charge is -2.19. The number of fused-ring (bicyclic) bond motifs is 1. The van der Waals surface area contributed by atoms with Crippen LogP contribution in [0.1, 0.15) is 25.8 Å². The summed E-state index contributed by atoms with van der Waals surface area (Å²) in [5, 5.41) is 12.5. The number of carbonyl (C=O) groups excluding carboxylic acids is 1. The molecule has 2 aromatic rings. The number of carboxylic acid groups (broad SMARTS) is 1. The predicted molar refractivity (Wildman–Crippen MR) is 105 cm³/mol. The smallest absolute Gasteiger partial charge is 0.336 e. The fraction of sp³-hybridized carbons (Fsp3) is 0.421. The van der Waals surface area contributed by atoms with E-state index in [9.17, 15) is 19.5 Å². The van der Waals surface area contributed by atoms with Crippen molar-refractivity contribution in [2.75, 3.05) is 12.0 Å². The van der Waals surface area contributed by atoms with E-state index in [0.29, 0.717) is 29.9 Å². The molecule has 8 heteroatoms. The van der Waals surface area contributed by atoms with E-state index in [1.165, 1.54) is 24.8 Å². The summed E-state index contributed by atoms with van der Waals surface area (Å²) in [6.07, 6.45) is 1.98. The number of carboxylic acids is 1. The van der Waals surface area contributed by atoms with Crippen molar-refractivity contribution >= 4 is 34.6 Å². The Morgan fingerprint density at radius 2 is 2.07 bits per heavy atom. The molecular formula is C19H23NO6S. The van der Waals surface area contributed by atoms with Crippen molar-refractivity contribution in [3.05, 3.63) is 40.2 Å². The van der Waals surface area contributed by atoms with Crippen molar-refractivity contribution < 1.29 is 23.8 Å². The maximum Gasteiger partial charge on any atom is 0.336 e. The van der Waals surface area contributed by atoms with Crippen LogP contribution in [0.5, 0.6) is 5.75 Å². The Kier molecular flexibility index (Phi) is 7.29. The highest BCUT2D eigenvalue weighted by atomic mass is 32.2. The highest BCUT2D eigenvalue weighted by molar-refractivity contribution is 7.98. The maximum atomic E-state index is 12.3. The zero-order valence-electron chi connectivity index (χ0n) is 15.5. The Labute approximate surface area is 161 Å². The number of amides is 1. The lowest BCUT2D eigenvalue weighted by molar-refractivity contribution is -0.142. The molecule has 0 unspecified atom stereocenters. The van der Waals surface area contributed by atoms with Crippen LogP contribution in [0.3, 0.4) is 0 Å². The molecule has 0 aliphatic carbocycles. The standard InChI is InChI=1S/C19H23NO6S/c1-4-12-9-17(21)26-16-10-13(5-6-14(12)16)25-11(2)18(22)20-15(19(23)24)7-8-27-3/h5-6,9-11,15H,4,7-8H2,1-3H3,(H,20,22)(H,23,24)/t11-,15+/m1/s1. The molecular weight excluding hydrogens is 370 g/mol. The van der Waals surface area contributed by atoms with Gasteiger partial charge in [0.1, 0.15) is 17.4 Å². The van der Waals surface area contributed by atoms with Crippen molar-refractivity contribution in [2.45, 2.75) is 38.8 Å². The first-order chi connectivity index (χ1) is 12.8. The van der Waals surface area contributed by atoms with Gasteiger partial charge < -0.3 is 19.6 Å². The lowest BCUT2D eigenvalue weighted by atomic mass is 10.1. The van der Waals surface area contributed by atoms with Crippen LogP contribution in [0, 0.1) is 0 Å². The highest BCUT2D eigenvalue weighted by Crippen LogP contribution is 2.23.